The number of thioether (sulfide) groups is 1. The van der Waals surface area contributed by atoms with Gasteiger partial charge < -0.3 is 5.73 Å². The Kier molecular flexibility index (Phi) is 6.56. The van der Waals surface area contributed by atoms with Gasteiger partial charge in [-0.2, -0.15) is 0 Å². The smallest absolute Gasteiger partial charge is 0.318 e. The highest BCUT2D eigenvalue weighted by Crippen LogP contribution is 2.33. The highest BCUT2D eigenvalue weighted by Gasteiger charge is 2.28. The Labute approximate surface area is 180 Å². The van der Waals surface area contributed by atoms with Crippen molar-refractivity contribution in [2.75, 3.05) is 0 Å². The SMILES string of the molecule is Cc1ccc(-c2nnc(S[C@@H](C(=O)NC(N)=O)C(C)C)n2-c2ccc(C)cc2)cc1. The van der Waals surface area contributed by atoms with Crippen molar-refractivity contribution in [3.05, 3.63) is 59.7 Å². The van der Waals surface area contributed by atoms with E-state index in [0.29, 0.717) is 11.0 Å². The first-order valence-electron chi connectivity index (χ1n) is 9.62. The fourth-order valence-electron chi connectivity index (χ4n) is 2.96. The molecule has 8 heteroatoms. The van der Waals surface area contributed by atoms with Crippen molar-refractivity contribution in [2.45, 2.75) is 38.1 Å². The number of carbonyl (C=O) groups excluding carboxylic acids is 2. The van der Waals surface area contributed by atoms with E-state index in [2.05, 4.69) is 15.5 Å². The number of carbonyl (C=O) groups is 2. The van der Waals surface area contributed by atoms with E-state index in [-0.39, 0.29) is 5.92 Å². The van der Waals surface area contributed by atoms with E-state index in [1.54, 1.807) is 0 Å². The molecular formula is C22H25N5O2S. The van der Waals surface area contributed by atoms with E-state index in [1.165, 1.54) is 11.8 Å². The summed E-state index contributed by atoms with van der Waals surface area (Å²) >= 11 is 1.26. The number of nitrogens with zero attached hydrogens (tertiary/aromatic N) is 3. The van der Waals surface area contributed by atoms with Crippen LogP contribution in [0.2, 0.25) is 0 Å². The zero-order chi connectivity index (χ0) is 21.8. The molecule has 1 atom stereocenters. The van der Waals surface area contributed by atoms with Gasteiger partial charge in [0.1, 0.15) is 0 Å². The van der Waals surface area contributed by atoms with Crippen LogP contribution in [-0.4, -0.2) is 32.0 Å². The summed E-state index contributed by atoms with van der Waals surface area (Å²) in [4.78, 5) is 23.7. The van der Waals surface area contributed by atoms with E-state index in [4.69, 9.17) is 5.73 Å². The monoisotopic (exact) mass is 423 g/mol. The summed E-state index contributed by atoms with van der Waals surface area (Å²) in [7, 11) is 0. The van der Waals surface area contributed by atoms with Gasteiger partial charge in [0.25, 0.3) is 0 Å². The second kappa shape index (κ2) is 9.13. The van der Waals surface area contributed by atoms with Gasteiger partial charge in [-0.15, -0.1) is 10.2 Å². The largest absolute Gasteiger partial charge is 0.351 e. The van der Waals surface area contributed by atoms with Crippen LogP contribution in [0, 0.1) is 19.8 Å². The van der Waals surface area contributed by atoms with Crippen molar-refractivity contribution < 1.29 is 9.59 Å². The number of benzene rings is 2. The average Bonchev–Trinajstić information content (AvgIpc) is 3.10. The van der Waals surface area contributed by atoms with Crippen LogP contribution in [0.25, 0.3) is 17.1 Å². The van der Waals surface area contributed by atoms with Crippen LogP contribution in [0.4, 0.5) is 4.79 Å². The third-order valence-corrected chi connectivity index (χ3v) is 6.07. The number of primary amides is 1. The Hall–Kier alpha value is -3.13. The summed E-state index contributed by atoms with van der Waals surface area (Å²) in [5.41, 5.74) is 9.24. The second-order valence-corrected chi connectivity index (χ2v) is 8.59. The minimum atomic E-state index is -0.869. The summed E-state index contributed by atoms with van der Waals surface area (Å²) in [5.74, 6) is 0.178. The van der Waals surface area contributed by atoms with Crippen LogP contribution >= 0.6 is 11.8 Å². The lowest BCUT2D eigenvalue weighted by Crippen LogP contribution is -2.42. The molecule has 0 aliphatic rings. The van der Waals surface area contributed by atoms with Crippen molar-refractivity contribution in [1.82, 2.24) is 20.1 Å². The summed E-state index contributed by atoms with van der Waals surface area (Å²) in [6.07, 6.45) is 0. The lowest BCUT2D eigenvalue weighted by molar-refractivity contribution is -0.120. The maximum atomic E-state index is 12.5. The number of nitrogens with two attached hydrogens (primary N) is 1. The predicted octanol–water partition coefficient (Wildman–Crippen LogP) is 3.86. The standard InChI is InChI=1S/C22H25N5O2S/c1-13(2)18(20(28)24-21(23)29)30-22-26-25-19(16-9-5-14(3)6-10-16)27(22)17-11-7-15(4)8-12-17/h5-13,18H,1-4H3,(H3,23,24,28,29)/t18-/m1/s1. The highest BCUT2D eigenvalue weighted by molar-refractivity contribution is 8.00. The molecule has 3 aromatic rings. The highest BCUT2D eigenvalue weighted by atomic mass is 32.2. The van der Waals surface area contributed by atoms with Crippen LogP contribution in [0.15, 0.2) is 53.7 Å². The van der Waals surface area contributed by atoms with Gasteiger partial charge in [0.05, 0.1) is 5.25 Å². The van der Waals surface area contributed by atoms with Gasteiger partial charge >= 0.3 is 6.03 Å². The molecule has 1 heterocycles. The molecule has 0 saturated carbocycles. The molecule has 0 aliphatic heterocycles. The van der Waals surface area contributed by atoms with Crippen LogP contribution in [0.3, 0.4) is 0 Å². The average molecular weight is 424 g/mol. The molecule has 0 aliphatic carbocycles. The number of hydrogen-bond acceptors (Lipinski definition) is 5. The Bertz CT molecular complexity index is 1040. The molecule has 1 aromatic heterocycles. The Balaban J connectivity index is 2.07. The lowest BCUT2D eigenvalue weighted by Gasteiger charge is -2.19. The normalized spacial score (nSPS) is 12.0. The van der Waals surface area contributed by atoms with Gasteiger partial charge in [0.2, 0.25) is 5.91 Å². The van der Waals surface area contributed by atoms with Crippen LogP contribution < -0.4 is 11.1 Å². The number of amides is 3. The van der Waals surface area contributed by atoms with E-state index in [0.717, 1.165) is 22.4 Å². The molecule has 30 heavy (non-hydrogen) atoms. The molecule has 3 rings (SSSR count). The molecule has 0 saturated heterocycles. The Morgan fingerprint density at radius 3 is 2.07 bits per heavy atom. The minimum absolute atomic E-state index is 0.0552. The molecule has 0 radical (unpaired) electrons. The molecule has 0 bridgehead atoms. The van der Waals surface area contributed by atoms with E-state index in [1.807, 2.05) is 80.8 Å². The Morgan fingerprint density at radius 2 is 1.53 bits per heavy atom. The third-order valence-electron chi connectivity index (χ3n) is 4.58. The van der Waals surface area contributed by atoms with Gasteiger partial charge in [0.15, 0.2) is 11.0 Å². The molecule has 7 nitrogen and oxygen atoms in total. The number of urea groups is 1. The first-order chi connectivity index (χ1) is 14.3. The number of imide groups is 1. The number of nitrogens with one attached hydrogen (secondary N) is 1. The zero-order valence-electron chi connectivity index (χ0n) is 17.4. The molecule has 156 valence electrons. The fourth-order valence-corrected chi connectivity index (χ4v) is 4.01. The fraction of sp³-hybridized carbons (Fsp3) is 0.273. The quantitative estimate of drug-likeness (QED) is 0.586. The number of aryl methyl sites for hydroxylation is 2. The van der Waals surface area contributed by atoms with Crippen molar-refractivity contribution in [2.24, 2.45) is 11.7 Å². The number of rotatable bonds is 6. The zero-order valence-corrected chi connectivity index (χ0v) is 18.2. The minimum Gasteiger partial charge on any atom is -0.351 e. The van der Waals surface area contributed by atoms with Gasteiger partial charge in [-0.3, -0.25) is 14.7 Å². The van der Waals surface area contributed by atoms with Crippen LogP contribution in [0.5, 0.6) is 0 Å². The molecular weight excluding hydrogens is 398 g/mol. The summed E-state index contributed by atoms with van der Waals surface area (Å²) in [6, 6.07) is 15.2. The van der Waals surface area contributed by atoms with Crippen LogP contribution in [0.1, 0.15) is 25.0 Å². The van der Waals surface area contributed by atoms with Gasteiger partial charge in [-0.25, -0.2) is 4.79 Å². The van der Waals surface area contributed by atoms with Gasteiger partial charge in [-0.05, 0) is 31.9 Å². The molecule has 2 aromatic carbocycles. The summed E-state index contributed by atoms with van der Waals surface area (Å²) in [5, 5.41) is 11.0. The predicted molar refractivity (Wildman–Crippen MR) is 118 cm³/mol. The lowest BCUT2D eigenvalue weighted by atomic mass is 10.1. The van der Waals surface area contributed by atoms with E-state index in [9.17, 15) is 9.59 Å². The maximum absolute atomic E-state index is 12.5. The summed E-state index contributed by atoms with van der Waals surface area (Å²) < 4.78 is 1.93. The number of hydrogen-bond donors (Lipinski definition) is 2. The van der Waals surface area contributed by atoms with Crippen molar-refractivity contribution in [1.29, 1.82) is 0 Å². The Morgan fingerprint density at radius 1 is 0.967 bits per heavy atom. The molecule has 0 fully saturated rings. The van der Waals surface area contributed by atoms with Crippen molar-refractivity contribution in [3.8, 4) is 17.1 Å². The summed E-state index contributed by atoms with van der Waals surface area (Å²) in [6.45, 7) is 7.87. The number of aromatic nitrogens is 3. The van der Waals surface area contributed by atoms with Gasteiger partial charge in [-0.1, -0.05) is 73.1 Å². The van der Waals surface area contributed by atoms with Crippen LogP contribution in [-0.2, 0) is 4.79 Å². The molecule has 3 N–H and O–H groups in total. The van der Waals surface area contributed by atoms with Gasteiger partial charge in [0, 0.05) is 11.3 Å². The van der Waals surface area contributed by atoms with E-state index < -0.39 is 17.2 Å². The first kappa shape index (κ1) is 21.6. The second-order valence-electron chi connectivity index (χ2n) is 7.48. The van der Waals surface area contributed by atoms with Crippen molar-refractivity contribution >= 4 is 23.7 Å². The van der Waals surface area contributed by atoms with E-state index >= 15 is 0 Å². The third kappa shape index (κ3) is 4.88. The van der Waals surface area contributed by atoms with Crippen molar-refractivity contribution in [3.63, 3.8) is 0 Å². The topological polar surface area (TPSA) is 103 Å². The maximum Gasteiger partial charge on any atom is 0.318 e. The first-order valence-corrected chi connectivity index (χ1v) is 10.5. The molecule has 0 spiro atoms. The molecule has 3 amide bonds. The molecule has 0 unspecified atom stereocenters.